The lowest BCUT2D eigenvalue weighted by molar-refractivity contribution is -0.142. The maximum atomic E-state index is 11.6. The first-order valence-electron chi connectivity index (χ1n) is 13.3. The lowest BCUT2D eigenvalue weighted by atomic mass is 9.93. The first-order chi connectivity index (χ1) is 18.5. The fourth-order valence-electron chi connectivity index (χ4n) is 5.94. The maximum absolute atomic E-state index is 11.6. The molecule has 7 nitrogen and oxygen atoms in total. The molecule has 0 saturated carbocycles. The fraction of sp³-hybridized carbons (Fsp3) is 0.400. The topological polar surface area (TPSA) is 75.1 Å². The van der Waals surface area contributed by atoms with Gasteiger partial charge in [-0.3, -0.25) is 9.69 Å². The van der Waals surface area contributed by atoms with Gasteiger partial charge in [0.15, 0.2) is 5.13 Å². The molecule has 2 saturated heterocycles. The number of aliphatic carboxylic acids is 1. The number of aryl methyl sites for hydroxylation is 1. The molecule has 3 aliphatic heterocycles. The number of hydrogen-bond donors (Lipinski definition) is 1. The summed E-state index contributed by atoms with van der Waals surface area (Å²) in [5.41, 5.74) is 7.32. The van der Waals surface area contributed by atoms with Crippen LogP contribution in [0.1, 0.15) is 28.7 Å². The molecular formula is C30H31N3O4S. The fourth-order valence-corrected chi connectivity index (χ4v) is 6.80. The number of aromatic nitrogens is 1. The van der Waals surface area contributed by atoms with Gasteiger partial charge in [-0.2, -0.15) is 0 Å². The molecule has 4 heterocycles. The molecule has 1 N–H and O–H groups in total. The van der Waals surface area contributed by atoms with E-state index in [-0.39, 0.29) is 0 Å². The van der Waals surface area contributed by atoms with Crippen LogP contribution in [-0.4, -0.2) is 59.8 Å². The van der Waals surface area contributed by atoms with Crippen LogP contribution in [0.4, 0.5) is 5.13 Å². The summed E-state index contributed by atoms with van der Waals surface area (Å²) in [5.74, 6) is 0.143. The molecule has 0 unspecified atom stereocenters. The highest BCUT2D eigenvalue weighted by atomic mass is 32.1. The van der Waals surface area contributed by atoms with Gasteiger partial charge in [-0.15, -0.1) is 11.3 Å². The molecule has 2 fully saturated rings. The average Bonchev–Trinajstić information content (AvgIpc) is 3.45. The van der Waals surface area contributed by atoms with E-state index < -0.39 is 11.4 Å². The van der Waals surface area contributed by atoms with Gasteiger partial charge < -0.3 is 19.5 Å². The number of anilines is 1. The second-order valence-electron chi connectivity index (χ2n) is 10.9. The summed E-state index contributed by atoms with van der Waals surface area (Å²) in [4.78, 5) is 21.3. The third kappa shape index (κ3) is 4.11. The van der Waals surface area contributed by atoms with Crippen molar-refractivity contribution in [1.82, 2.24) is 9.88 Å². The number of piperidine rings is 1. The van der Waals surface area contributed by atoms with Crippen molar-refractivity contribution in [1.29, 1.82) is 0 Å². The molecule has 38 heavy (non-hydrogen) atoms. The van der Waals surface area contributed by atoms with Crippen molar-refractivity contribution >= 4 is 22.4 Å². The summed E-state index contributed by atoms with van der Waals surface area (Å²) >= 11 is 1.60. The van der Waals surface area contributed by atoms with E-state index in [1.165, 1.54) is 16.7 Å². The molecule has 3 aromatic rings. The lowest BCUT2D eigenvalue weighted by Crippen LogP contribution is -2.50. The van der Waals surface area contributed by atoms with Gasteiger partial charge in [-0.1, -0.05) is 36.4 Å². The number of hydrogen-bond acceptors (Lipinski definition) is 7. The third-order valence-electron chi connectivity index (χ3n) is 8.51. The number of para-hydroxylation sites is 1. The van der Waals surface area contributed by atoms with E-state index in [0.29, 0.717) is 32.2 Å². The largest absolute Gasteiger partial charge is 0.488 e. The summed E-state index contributed by atoms with van der Waals surface area (Å²) in [7, 11) is 0. The normalized spacial score (nSPS) is 22.8. The number of fused-ring (bicyclic) bond motifs is 2. The highest BCUT2D eigenvalue weighted by Gasteiger charge is 2.53. The zero-order valence-electron chi connectivity index (χ0n) is 21.5. The first-order valence-corrected chi connectivity index (χ1v) is 14.2. The van der Waals surface area contributed by atoms with Crippen molar-refractivity contribution in [2.24, 2.45) is 5.41 Å². The predicted molar refractivity (Wildman–Crippen MR) is 147 cm³/mol. The first kappa shape index (κ1) is 23.9. The Kier molecular flexibility index (Phi) is 5.80. The standard InChI is InChI=1S/C30H31N3O4S/c1-19-3-2-4-25(26-18-38-29(31-26)33-10-8-30(28(34)35)12-23(30)14-33)27(19)37-15-20-5-6-22-13-32(24-16-36-17-24)9-7-21(22)11-20/h2-6,11-12,18,24H,7-10,13-17H2,1H3,(H,34,35)/t30-/m1/s1. The highest BCUT2D eigenvalue weighted by molar-refractivity contribution is 7.14. The number of carboxylic acids is 1. The molecule has 0 bridgehead atoms. The molecule has 196 valence electrons. The highest BCUT2D eigenvalue weighted by Crippen LogP contribution is 2.51. The third-order valence-corrected chi connectivity index (χ3v) is 9.41. The minimum Gasteiger partial charge on any atom is -0.488 e. The summed E-state index contributed by atoms with van der Waals surface area (Å²) < 4.78 is 11.8. The summed E-state index contributed by atoms with van der Waals surface area (Å²) in [6.07, 6.45) is 3.58. The number of rotatable bonds is 7. The van der Waals surface area contributed by atoms with E-state index >= 15 is 0 Å². The van der Waals surface area contributed by atoms with Crippen LogP contribution >= 0.6 is 11.3 Å². The zero-order valence-corrected chi connectivity index (χ0v) is 22.3. The molecule has 1 aromatic heterocycles. The summed E-state index contributed by atoms with van der Waals surface area (Å²) in [6.45, 7) is 7.74. The SMILES string of the molecule is Cc1cccc(-c2csc(N3CC[C@@]4(C(=O)O)C=C4C3)n2)c1OCc1ccc2c(c1)CCN(C1COC1)C2. The monoisotopic (exact) mass is 529 g/mol. The van der Waals surface area contributed by atoms with Crippen molar-refractivity contribution < 1.29 is 19.4 Å². The Balaban J connectivity index is 1.05. The molecule has 1 aliphatic carbocycles. The minimum absolute atomic E-state index is 0.514. The number of nitrogens with zero attached hydrogens (tertiary/aromatic N) is 3. The molecule has 0 radical (unpaired) electrons. The average molecular weight is 530 g/mol. The summed E-state index contributed by atoms with van der Waals surface area (Å²) in [5, 5.41) is 12.5. The number of benzene rings is 2. The van der Waals surface area contributed by atoms with Crippen molar-refractivity contribution in [2.75, 3.05) is 37.7 Å². The molecule has 7 rings (SSSR count). The smallest absolute Gasteiger partial charge is 0.317 e. The Hall–Kier alpha value is -3.20. The quantitative estimate of drug-likeness (QED) is 0.446. The van der Waals surface area contributed by atoms with E-state index in [4.69, 9.17) is 14.5 Å². The molecular weight excluding hydrogens is 498 g/mol. The second kappa shape index (κ2) is 9.22. The van der Waals surface area contributed by atoms with Gasteiger partial charge in [0.1, 0.15) is 17.8 Å². The van der Waals surface area contributed by atoms with Gasteiger partial charge in [0.25, 0.3) is 0 Å². The minimum atomic E-state index is -0.724. The Morgan fingerprint density at radius 2 is 2.11 bits per heavy atom. The van der Waals surface area contributed by atoms with E-state index in [9.17, 15) is 9.90 Å². The van der Waals surface area contributed by atoms with Gasteiger partial charge in [0, 0.05) is 37.1 Å². The van der Waals surface area contributed by atoms with Crippen LogP contribution in [0, 0.1) is 12.3 Å². The molecule has 4 aliphatic rings. The predicted octanol–water partition coefficient (Wildman–Crippen LogP) is 4.68. The Bertz CT molecular complexity index is 1440. The second-order valence-corrected chi connectivity index (χ2v) is 11.7. The van der Waals surface area contributed by atoms with E-state index in [1.807, 2.05) is 12.1 Å². The van der Waals surface area contributed by atoms with E-state index in [1.54, 1.807) is 11.3 Å². The Morgan fingerprint density at radius 3 is 2.89 bits per heavy atom. The van der Waals surface area contributed by atoms with Gasteiger partial charge in [-0.05, 0) is 53.7 Å². The van der Waals surface area contributed by atoms with Crippen LogP contribution in [0.3, 0.4) is 0 Å². The van der Waals surface area contributed by atoms with Crippen molar-refractivity contribution in [3.05, 3.63) is 75.7 Å². The van der Waals surface area contributed by atoms with Crippen molar-refractivity contribution in [3.63, 3.8) is 0 Å². The van der Waals surface area contributed by atoms with Gasteiger partial charge in [0.2, 0.25) is 0 Å². The summed E-state index contributed by atoms with van der Waals surface area (Å²) in [6, 6.07) is 13.5. The molecule has 1 atom stereocenters. The number of carbonyl (C=O) groups is 1. The van der Waals surface area contributed by atoms with Crippen LogP contribution in [-0.2, 0) is 29.1 Å². The maximum Gasteiger partial charge on any atom is 0.317 e. The van der Waals surface area contributed by atoms with Crippen LogP contribution in [0.2, 0.25) is 0 Å². The van der Waals surface area contributed by atoms with Gasteiger partial charge in [-0.25, -0.2) is 4.98 Å². The number of thiazole rings is 1. The van der Waals surface area contributed by atoms with Crippen LogP contribution in [0.15, 0.2) is 53.4 Å². The lowest BCUT2D eigenvalue weighted by Gasteiger charge is -2.40. The van der Waals surface area contributed by atoms with Gasteiger partial charge >= 0.3 is 5.97 Å². The molecule has 0 amide bonds. The number of ether oxygens (including phenoxy) is 2. The van der Waals surface area contributed by atoms with Crippen LogP contribution < -0.4 is 9.64 Å². The van der Waals surface area contributed by atoms with E-state index in [2.05, 4.69) is 52.4 Å². The van der Waals surface area contributed by atoms with Crippen molar-refractivity contribution in [3.8, 4) is 17.0 Å². The number of carboxylic acid groups (broad SMARTS) is 1. The van der Waals surface area contributed by atoms with E-state index in [0.717, 1.165) is 66.0 Å². The van der Waals surface area contributed by atoms with Crippen LogP contribution in [0.5, 0.6) is 5.75 Å². The Morgan fingerprint density at radius 1 is 1.21 bits per heavy atom. The zero-order chi connectivity index (χ0) is 25.9. The molecule has 8 heteroatoms. The van der Waals surface area contributed by atoms with Crippen molar-refractivity contribution in [2.45, 2.75) is 39.0 Å². The molecule has 0 spiro atoms. The molecule has 2 aromatic carbocycles. The van der Waals surface area contributed by atoms with Crippen LogP contribution in [0.25, 0.3) is 11.3 Å². The Labute approximate surface area is 226 Å². The van der Waals surface area contributed by atoms with Gasteiger partial charge in [0.05, 0.1) is 24.9 Å².